The Balaban J connectivity index is 1.34. The lowest BCUT2D eigenvalue weighted by atomic mass is 10.2. The van der Waals surface area contributed by atoms with E-state index >= 15 is 0 Å². The van der Waals surface area contributed by atoms with Gasteiger partial charge in [-0.05, 0) is 68.3 Å². The van der Waals surface area contributed by atoms with Gasteiger partial charge in [0.2, 0.25) is 0 Å². The average molecular weight is 510 g/mol. The number of rotatable bonds is 11. The third kappa shape index (κ3) is 6.37. The highest BCUT2D eigenvalue weighted by molar-refractivity contribution is 6.30. The van der Waals surface area contributed by atoms with Gasteiger partial charge in [0, 0.05) is 17.4 Å². The van der Waals surface area contributed by atoms with E-state index in [4.69, 9.17) is 25.8 Å². The molecule has 9 nitrogen and oxygen atoms in total. The molecule has 188 valence electrons. The molecule has 0 fully saturated rings. The zero-order chi connectivity index (χ0) is 25.5. The lowest BCUT2D eigenvalue weighted by molar-refractivity contribution is 0.102. The Morgan fingerprint density at radius 3 is 2.53 bits per heavy atom. The van der Waals surface area contributed by atoms with Crippen molar-refractivity contribution in [2.24, 2.45) is 0 Å². The first-order valence-electron chi connectivity index (χ1n) is 11.6. The molecule has 1 amide bonds. The summed E-state index contributed by atoms with van der Waals surface area (Å²) >= 11 is 5.98. The van der Waals surface area contributed by atoms with Gasteiger partial charge in [-0.3, -0.25) is 9.48 Å². The number of carbonyl (C=O) groups excluding carboxylic acids is 1. The highest BCUT2D eigenvalue weighted by atomic mass is 35.5. The van der Waals surface area contributed by atoms with E-state index in [-0.39, 0.29) is 18.3 Å². The van der Waals surface area contributed by atoms with Gasteiger partial charge in [-0.2, -0.15) is 10.2 Å². The number of ether oxygens (including phenoxy) is 3. The first kappa shape index (κ1) is 25.1. The minimum Gasteiger partial charge on any atom is -0.490 e. The molecule has 2 aromatic carbocycles. The van der Waals surface area contributed by atoms with Crippen molar-refractivity contribution in [3.63, 3.8) is 0 Å². The van der Waals surface area contributed by atoms with Crippen LogP contribution >= 0.6 is 11.6 Å². The van der Waals surface area contributed by atoms with Crippen molar-refractivity contribution in [1.82, 2.24) is 19.6 Å². The highest BCUT2D eigenvalue weighted by Gasteiger charge is 2.12. The van der Waals surface area contributed by atoms with E-state index < -0.39 is 0 Å². The Morgan fingerprint density at radius 2 is 1.75 bits per heavy atom. The summed E-state index contributed by atoms with van der Waals surface area (Å²) in [5, 5.41) is 12.1. The summed E-state index contributed by atoms with van der Waals surface area (Å²) in [6, 6.07) is 12.8. The summed E-state index contributed by atoms with van der Waals surface area (Å²) < 4.78 is 20.4. The van der Waals surface area contributed by atoms with Gasteiger partial charge in [0.25, 0.3) is 5.91 Å². The van der Waals surface area contributed by atoms with Crippen molar-refractivity contribution in [3.05, 3.63) is 82.9 Å². The fraction of sp³-hybridized carbons (Fsp3) is 0.269. The molecule has 2 heterocycles. The van der Waals surface area contributed by atoms with Crippen LogP contribution in [0.25, 0.3) is 0 Å². The molecular formula is C26H28ClN5O4. The van der Waals surface area contributed by atoms with E-state index in [1.165, 1.54) is 0 Å². The average Bonchev–Trinajstić information content (AvgIpc) is 3.50. The number of aromatic nitrogens is 4. The van der Waals surface area contributed by atoms with E-state index in [0.717, 1.165) is 11.1 Å². The zero-order valence-corrected chi connectivity index (χ0v) is 21.2. The Hall–Kier alpha value is -3.98. The summed E-state index contributed by atoms with van der Waals surface area (Å²) in [4.78, 5) is 12.7. The number of amides is 1. The largest absolute Gasteiger partial charge is 0.490 e. The number of hydrogen-bond acceptors (Lipinski definition) is 6. The second-order valence-electron chi connectivity index (χ2n) is 7.95. The van der Waals surface area contributed by atoms with Crippen molar-refractivity contribution in [3.8, 4) is 17.2 Å². The molecule has 2 aromatic heterocycles. The van der Waals surface area contributed by atoms with Crippen LogP contribution in [0.3, 0.4) is 0 Å². The van der Waals surface area contributed by atoms with E-state index in [1.54, 1.807) is 46.2 Å². The topological polar surface area (TPSA) is 92.4 Å². The maximum Gasteiger partial charge on any atom is 0.276 e. The van der Waals surface area contributed by atoms with Crippen molar-refractivity contribution < 1.29 is 19.0 Å². The van der Waals surface area contributed by atoms with Crippen LogP contribution in [-0.2, 0) is 13.3 Å². The van der Waals surface area contributed by atoms with Gasteiger partial charge in [-0.15, -0.1) is 0 Å². The molecule has 0 saturated carbocycles. The van der Waals surface area contributed by atoms with Crippen molar-refractivity contribution in [2.75, 3.05) is 18.5 Å². The molecule has 0 spiro atoms. The third-order valence-corrected chi connectivity index (χ3v) is 5.44. The first-order valence-corrected chi connectivity index (χ1v) is 12.0. The normalized spacial score (nSPS) is 10.8. The van der Waals surface area contributed by atoms with Crippen LogP contribution in [0.5, 0.6) is 17.2 Å². The van der Waals surface area contributed by atoms with Crippen LogP contribution in [-0.4, -0.2) is 38.7 Å². The summed E-state index contributed by atoms with van der Waals surface area (Å²) in [7, 11) is 0. The first-order chi connectivity index (χ1) is 17.4. The molecule has 36 heavy (non-hydrogen) atoms. The van der Waals surface area contributed by atoms with E-state index in [0.29, 0.717) is 47.7 Å². The van der Waals surface area contributed by atoms with Crippen LogP contribution in [0.15, 0.2) is 61.1 Å². The minimum atomic E-state index is -0.337. The van der Waals surface area contributed by atoms with Gasteiger partial charge >= 0.3 is 0 Å². The molecule has 0 aliphatic heterocycles. The second-order valence-corrected chi connectivity index (χ2v) is 8.39. The summed E-state index contributed by atoms with van der Waals surface area (Å²) in [6.07, 6.45) is 5.04. The maximum atomic E-state index is 12.7. The monoisotopic (exact) mass is 509 g/mol. The van der Waals surface area contributed by atoms with Gasteiger partial charge in [-0.1, -0.05) is 17.7 Å². The predicted molar refractivity (Wildman–Crippen MR) is 137 cm³/mol. The zero-order valence-electron chi connectivity index (χ0n) is 20.4. The Bertz CT molecular complexity index is 1330. The van der Waals surface area contributed by atoms with Crippen LogP contribution in [0.2, 0.25) is 5.02 Å². The van der Waals surface area contributed by atoms with Gasteiger partial charge in [-0.25, -0.2) is 4.68 Å². The van der Waals surface area contributed by atoms with Gasteiger partial charge < -0.3 is 19.5 Å². The molecule has 0 radical (unpaired) electrons. The molecule has 0 saturated heterocycles. The number of carbonyl (C=O) groups is 1. The van der Waals surface area contributed by atoms with E-state index in [1.807, 2.05) is 45.0 Å². The molecule has 10 heteroatoms. The molecule has 0 aliphatic rings. The second kappa shape index (κ2) is 11.6. The summed E-state index contributed by atoms with van der Waals surface area (Å²) in [5.41, 5.74) is 2.76. The van der Waals surface area contributed by atoms with Gasteiger partial charge in [0.1, 0.15) is 5.75 Å². The maximum absolute atomic E-state index is 12.7. The molecule has 0 unspecified atom stereocenters. The Kier molecular flexibility index (Phi) is 8.12. The lowest BCUT2D eigenvalue weighted by Crippen LogP contribution is -2.14. The fourth-order valence-corrected chi connectivity index (χ4v) is 3.78. The minimum absolute atomic E-state index is 0.166. The third-order valence-electron chi connectivity index (χ3n) is 5.21. The number of nitrogens with zero attached hydrogens (tertiary/aromatic N) is 4. The number of aryl methyl sites for hydroxylation is 1. The smallest absolute Gasteiger partial charge is 0.276 e. The number of anilines is 1. The van der Waals surface area contributed by atoms with Crippen molar-refractivity contribution in [1.29, 1.82) is 0 Å². The number of halogens is 1. The predicted octanol–water partition coefficient (Wildman–Crippen LogP) is 5.18. The SMILES string of the molecule is CCOc1ccc(Cn2cc(NC(=O)c3ccn(COc4ccc(Cl)cc4C)n3)cn2)cc1OCC. The summed E-state index contributed by atoms with van der Waals surface area (Å²) in [6.45, 7) is 7.57. The van der Waals surface area contributed by atoms with Gasteiger partial charge in [0.05, 0.1) is 31.6 Å². The van der Waals surface area contributed by atoms with Crippen molar-refractivity contribution in [2.45, 2.75) is 34.0 Å². The molecule has 0 bridgehead atoms. The number of benzene rings is 2. The Morgan fingerprint density at radius 1 is 0.972 bits per heavy atom. The molecule has 4 rings (SSSR count). The van der Waals surface area contributed by atoms with Crippen LogP contribution in [0, 0.1) is 6.92 Å². The molecule has 0 atom stereocenters. The van der Waals surface area contributed by atoms with Crippen molar-refractivity contribution >= 4 is 23.2 Å². The van der Waals surface area contributed by atoms with Crippen LogP contribution in [0.1, 0.15) is 35.5 Å². The van der Waals surface area contributed by atoms with Crippen LogP contribution in [0.4, 0.5) is 5.69 Å². The quantitative estimate of drug-likeness (QED) is 0.299. The molecule has 4 aromatic rings. The molecular weight excluding hydrogens is 482 g/mol. The lowest BCUT2D eigenvalue weighted by Gasteiger charge is -2.12. The number of hydrogen-bond donors (Lipinski definition) is 1. The van der Waals surface area contributed by atoms with E-state index in [9.17, 15) is 4.79 Å². The van der Waals surface area contributed by atoms with Crippen LogP contribution < -0.4 is 19.5 Å². The number of nitrogens with one attached hydrogen (secondary N) is 1. The fourth-order valence-electron chi connectivity index (χ4n) is 3.56. The molecule has 0 aliphatic carbocycles. The highest BCUT2D eigenvalue weighted by Crippen LogP contribution is 2.29. The molecule has 1 N–H and O–H groups in total. The van der Waals surface area contributed by atoms with E-state index in [2.05, 4.69) is 15.5 Å². The Labute approximate surface area is 214 Å². The summed E-state index contributed by atoms with van der Waals surface area (Å²) in [5.74, 6) is 1.78. The van der Waals surface area contributed by atoms with Gasteiger partial charge in [0.15, 0.2) is 23.9 Å². The standard InChI is InChI=1S/C26H28ClN5O4/c1-4-34-24-8-6-19(13-25(24)35-5-2)15-32-16-21(14-28-32)29-26(33)22-10-11-31(30-22)17-36-23-9-7-20(27)12-18(23)3/h6-14,16H,4-5,15,17H2,1-3H3,(H,29,33).